The van der Waals surface area contributed by atoms with Crippen molar-refractivity contribution in [2.24, 2.45) is 0 Å². The van der Waals surface area contributed by atoms with Gasteiger partial charge in [0.15, 0.2) is 0 Å². The molecule has 0 aliphatic rings. The van der Waals surface area contributed by atoms with Gasteiger partial charge in [0.2, 0.25) is 5.91 Å². The number of likely N-dealkylation sites (N-methyl/N-ethyl adjacent to an activating group) is 1. The minimum Gasteiger partial charge on any atom is -0.756 e. The minimum atomic E-state index is -4.70. The number of hydrogen-bond acceptors (Lipinski definition) is 7. The minimum absolute atomic E-state index is 0.0239. The molecule has 0 aromatic heterocycles. The van der Waals surface area contributed by atoms with E-state index >= 15 is 0 Å². The van der Waals surface area contributed by atoms with E-state index in [2.05, 4.69) is 62.5 Å². The summed E-state index contributed by atoms with van der Waals surface area (Å²) in [6.45, 7) is 6.82. The maximum Gasteiger partial charge on any atom is 0.306 e. The molecule has 3 atom stereocenters. The molecule has 0 aliphatic carbocycles. The summed E-state index contributed by atoms with van der Waals surface area (Å²) >= 11 is 0. The van der Waals surface area contributed by atoms with E-state index in [1.807, 2.05) is 33.3 Å². The molecule has 0 heterocycles. The van der Waals surface area contributed by atoms with Crippen molar-refractivity contribution < 1.29 is 37.3 Å². The van der Waals surface area contributed by atoms with Gasteiger partial charge in [0.05, 0.1) is 33.8 Å². The number of allylic oxidation sites excluding steroid dienone is 7. The highest BCUT2D eigenvalue weighted by molar-refractivity contribution is 7.45. The van der Waals surface area contributed by atoms with Crippen molar-refractivity contribution in [3.63, 3.8) is 0 Å². The molecule has 1 amide bonds. The van der Waals surface area contributed by atoms with Crippen LogP contribution in [0.15, 0.2) is 48.6 Å². The molecule has 0 aromatic rings. The first-order valence-electron chi connectivity index (χ1n) is 31.4. The number of quaternary nitrogens is 1. The van der Waals surface area contributed by atoms with E-state index < -0.39 is 26.6 Å². The molecular formula is C64H121N2O7P. The maximum absolute atomic E-state index is 13.5. The smallest absolute Gasteiger partial charge is 0.306 e. The summed E-state index contributed by atoms with van der Waals surface area (Å²) in [5, 5.41) is 3.03. The van der Waals surface area contributed by atoms with Gasteiger partial charge in [-0.15, -0.1) is 0 Å². The highest BCUT2D eigenvalue weighted by atomic mass is 31.2. The number of esters is 1. The van der Waals surface area contributed by atoms with Crippen LogP contribution in [0.1, 0.15) is 297 Å². The highest BCUT2D eigenvalue weighted by Gasteiger charge is 2.27. The van der Waals surface area contributed by atoms with Gasteiger partial charge in [-0.3, -0.25) is 14.2 Å². The van der Waals surface area contributed by atoms with Crippen LogP contribution in [0.4, 0.5) is 0 Å². The fourth-order valence-corrected chi connectivity index (χ4v) is 9.80. The van der Waals surface area contributed by atoms with E-state index in [0.717, 1.165) is 70.6 Å². The predicted molar refractivity (Wildman–Crippen MR) is 316 cm³/mol. The fraction of sp³-hybridized carbons (Fsp3) is 0.844. The Morgan fingerprint density at radius 2 is 0.824 bits per heavy atom. The van der Waals surface area contributed by atoms with Crippen molar-refractivity contribution in [2.75, 3.05) is 40.9 Å². The molecule has 3 unspecified atom stereocenters. The number of phosphoric ester groups is 1. The predicted octanol–water partition coefficient (Wildman–Crippen LogP) is 18.6. The van der Waals surface area contributed by atoms with Crippen molar-refractivity contribution in [3.8, 4) is 0 Å². The summed E-state index contributed by atoms with van der Waals surface area (Å²) in [5.74, 6) is -0.552. The van der Waals surface area contributed by atoms with Crippen LogP contribution < -0.4 is 10.2 Å². The summed E-state index contributed by atoms with van der Waals surface area (Å²) in [7, 11) is 1.18. The van der Waals surface area contributed by atoms with Crippen molar-refractivity contribution in [2.45, 2.75) is 309 Å². The number of rotatable bonds is 57. The number of nitrogens with one attached hydrogen (secondary N) is 1. The van der Waals surface area contributed by atoms with Crippen molar-refractivity contribution in [1.29, 1.82) is 0 Å². The number of ether oxygens (including phenoxy) is 1. The van der Waals surface area contributed by atoms with Gasteiger partial charge in [-0.1, -0.05) is 243 Å². The van der Waals surface area contributed by atoms with Gasteiger partial charge in [0.1, 0.15) is 19.3 Å². The molecule has 0 fully saturated rings. The highest BCUT2D eigenvalue weighted by Crippen LogP contribution is 2.38. The average molecular weight is 1060 g/mol. The third-order valence-electron chi connectivity index (χ3n) is 14.0. The first kappa shape index (κ1) is 72.0. The van der Waals surface area contributed by atoms with E-state index in [-0.39, 0.29) is 24.9 Å². The fourth-order valence-electron chi connectivity index (χ4n) is 9.08. The largest absolute Gasteiger partial charge is 0.756 e. The third kappa shape index (κ3) is 54.7. The second-order valence-corrected chi connectivity index (χ2v) is 24.0. The van der Waals surface area contributed by atoms with Gasteiger partial charge in [-0.25, -0.2) is 0 Å². The second kappa shape index (κ2) is 54.3. The Morgan fingerprint density at radius 1 is 0.473 bits per heavy atom. The summed E-state index contributed by atoms with van der Waals surface area (Å²) in [6, 6.07) is -0.893. The van der Waals surface area contributed by atoms with Crippen LogP contribution >= 0.6 is 7.82 Å². The zero-order valence-electron chi connectivity index (χ0n) is 49.6. The van der Waals surface area contributed by atoms with E-state index in [0.29, 0.717) is 23.9 Å². The number of nitrogens with zero attached hydrogens (tertiary/aromatic N) is 1. The van der Waals surface area contributed by atoms with Crippen LogP contribution in [-0.2, 0) is 27.9 Å². The normalized spacial score (nSPS) is 14.0. The molecule has 0 saturated carbocycles. The number of carbonyl (C=O) groups is 2. The Bertz CT molecular complexity index is 1410. The SMILES string of the molecule is CCCCC/C=C\C/C=C\CCCCCCCCCCCCCCCC(=O)NC(COP(=O)([O-])OCC[N+](C)(C)C)C(/C=C\CCCCCCCCCCCC)OC(=O)CCCCC/C=C\CCCCCCCC. The number of hydrogen-bond donors (Lipinski definition) is 1. The Balaban J connectivity index is 5.15. The average Bonchev–Trinajstić information content (AvgIpc) is 3.36. The van der Waals surface area contributed by atoms with Crippen LogP contribution in [0.3, 0.4) is 0 Å². The molecule has 0 aromatic carbocycles. The van der Waals surface area contributed by atoms with Crippen LogP contribution in [0.2, 0.25) is 0 Å². The van der Waals surface area contributed by atoms with Gasteiger partial charge >= 0.3 is 5.97 Å². The molecule has 0 bridgehead atoms. The van der Waals surface area contributed by atoms with E-state index in [9.17, 15) is 19.0 Å². The molecule has 0 rings (SSSR count). The summed E-state index contributed by atoms with van der Waals surface area (Å²) < 4.78 is 30.3. The van der Waals surface area contributed by atoms with Gasteiger partial charge in [0.25, 0.3) is 7.82 Å². The Morgan fingerprint density at radius 3 is 1.27 bits per heavy atom. The topological polar surface area (TPSA) is 114 Å². The molecule has 0 saturated heterocycles. The maximum atomic E-state index is 13.5. The Hall–Kier alpha value is -2.03. The monoisotopic (exact) mass is 1060 g/mol. The molecule has 10 heteroatoms. The molecule has 9 nitrogen and oxygen atoms in total. The lowest BCUT2D eigenvalue weighted by Gasteiger charge is -2.30. The number of phosphoric acid groups is 1. The lowest BCUT2D eigenvalue weighted by molar-refractivity contribution is -0.870. The van der Waals surface area contributed by atoms with Gasteiger partial charge < -0.3 is 28.5 Å². The molecule has 1 N–H and O–H groups in total. The first-order chi connectivity index (χ1) is 35.9. The third-order valence-corrected chi connectivity index (χ3v) is 14.9. The Labute approximate surface area is 458 Å². The van der Waals surface area contributed by atoms with Crippen LogP contribution in [0.5, 0.6) is 0 Å². The van der Waals surface area contributed by atoms with E-state index in [1.54, 1.807) is 0 Å². The quantitative estimate of drug-likeness (QED) is 0.0212. The molecule has 434 valence electrons. The molecule has 0 radical (unpaired) electrons. The van der Waals surface area contributed by atoms with Crippen molar-refractivity contribution >= 4 is 19.7 Å². The zero-order chi connectivity index (χ0) is 54.3. The first-order valence-corrected chi connectivity index (χ1v) is 32.9. The Kier molecular flexibility index (Phi) is 52.8. The van der Waals surface area contributed by atoms with Gasteiger partial charge in [-0.2, -0.15) is 0 Å². The van der Waals surface area contributed by atoms with Crippen molar-refractivity contribution in [1.82, 2.24) is 5.32 Å². The zero-order valence-corrected chi connectivity index (χ0v) is 50.4. The summed E-state index contributed by atoms with van der Waals surface area (Å²) in [4.78, 5) is 39.9. The van der Waals surface area contributed by atoms with E-state index in [1.165, 1.54) is 186 Å². The van der Waals surface area contributed by atoms with Crippen LogP contribution in [0, 0.1) is 0 Å². The van der Waals surface area contributed by atoms with Gasteiger partial charge in [0, 0.05) is 12.8 Å². The number of carbonyl (C=O) groups excluding carboxylic acids is 2. The molecular weight excluding hydrogens is 940 g/mol. The van der Waals surface area contributed by atoms with Crippen molar-refractivity contribution in [3.05, 3.63) is 48.6 Å². The number of unbranched alkanes of at least 4 members (excludes halogenated alkanes) is 35. The summed E-state index contributed by atoms with van der Waals surface area (Å²) in [5.41, 5.74) is 0. The van der Waals surface area contributed by atoms with Gasteiger partial charge in [-0.05, 0) is 89.5 Å². The standard InChI is InChI=1S/C64H121N2O7P/c1-7-10-13-16-19-22-25-28-29-30-31-32-33-34-35-36-37-39-41-44-47-50-53-56-63(67)65-61(60-72-74(69,70)71-59-58-66(4,5)6)62(55-52-49-46-43-40-27-24-21-18-15-12-9-3)73-64(68)57-54-51-48-45-42-38-26-23-20-17-14-11-8-2/h19,22,28-29,38,42,52,55,61-62H,7-18,20-21,23-27,30-37,39-41,43-51,53-54,56-60H2,1-6H3,(H-,65,67,69,70)/b22-19-,29-28-,42-38-,55-52-. The van der Waals surface area contributed by atoms with Crippen LogP contribution in [0.25, 0.3) is 0 Å². The lowest BCUT2D eigenvalue weighted by Crippen LogP contribution is -2.47. The van der Waals surface area contributed by atoms with E-state index in [4.69, 9.17) is 13.8 Å². The molecule has 0 aliphatic heterocycles. The summed E-state index contributed by atoms with van der Waals surface area (Å²) in [6.07, 6.45) is 66.5. The van der Waals surface area contributed by atoms with Crippen LogP contribution in [-0.4, -0.2) is 69.4 Å². The lowest BCUT2D eigenvalue weighted by atomic mass is 10.0. The molecule has 0 spiro atoms. The second-order valence-electron chi connectivity index (χ2n) is 22.6. The number of amides is 1. The molecule has 74 heavy (non-hydrogen) atoms.